The van der Waals surface area contributed by atoms with Crippen LogP contribution in [-0.2, 0) is 6.42 Å². The molecule has 0 spiro atoms. The molecule has 0 aliphatic rings. The fraction of sp³-hybridized carbons (Fsp3) is 0.0952. The van der Waals surface area contributed by atoms with E-state index in [4.69, 9.17) is 0 Å². The lowest BCUT2D eigenvalue weighted by molar-refractivity contribution is 0.0993. The highest BCUT2D eigenvalue weighted by molar-refractivity contribution is 6.07. The number of ketones is 1. The summed E-state index contributed by atoms with van der Waals surface area (Å²) in [6, 6.07) is 9.35. The Morgan fingerprint density at radius 2 is 1.82 bits per heavy atom. The second-order valence-electron chi connectivity index (χ2n) is 6.25. The number of carbonyl (C=O) groups excluding carboxylic acids is 1. The summed E-state index contributed by atoms with van der Waals surface area (Å²) in [5.74, 6) is -0.753. The maximum absolute atomic E-state index is 15.0. The number of hydrogen-bond acceptors (Lipinski definition) is 5. The lowest BCUT2D eigenvalue weighted by atomic mass is 9.96. The number of halogens is 2. The minimum absolute atomic E-state index is 0.0409. The van der Waals surface area contributed by atoms with Crippen molar-refractivity contribution < 1.29 is 13.6 Å². The molecule has 1 aromatic carbocycles. The van der Waals surface area contributed by atoms with Gasteiger partial charge in [-0.2, -0.15) is 0 Å². The van der Waals surface area contributed by atoms with Gasteiger partial charge in [0.1, 0.15) is 12.1 Å². The van der Waals surface area contributed by atoms with Gasteiger partial charge in [0.25, 0.3) is 0 Å². The van der Waals surface area contributed by atoms with Crippen molar-refractivity contribution in [3.05, 3.63) is 95.7 Å². The van der Waals surface area contributed by atoms with E-state index in [0.29, 0.717) is 33.3 Å². The molecule has 4 rings (SSSR count). The Balaban J connectivity index is 1.76. The molecule has 1 unspecified atom stereocenters. The van der Waals surface area contributed by atoms with Crippen LogP contribution in [0.5, 0.6) is 0 Å². The van der Waals surface area contributed by atoms with Crippen molar-refractivity contribution in [3.8, 4) is 0 Å². The van der Waals surface area contributed by atoms with Crippen molar-refractivity contribution in [2.45, 2.75) is 12.6 Å². The third-order valence-corrected chi connectivity index (χ3v) is 4.32. The Morgan fingerprint density at radius 1 is 1.00 bits per heavy atom. The molecule has 4 aromatic rings. The van der Waals surface area contributed by atoms with E-state index < -0.39 is 12.0 Å². The van der Waals surface area contributed by atoms with Crippen LogP contribution in [0.25, 0.3) is 10.9 Å². The largest absolute Gasteiger partial charge is 0.294 e. The van der Waals surface area contributed by atoms with Gasteiger partial charge in [0.2, 0.25) is 0 Å². The number of rotatable bonds is 5. The van der Waals surface area contributed by atoms with E-state index in [1.54, 1.807) is 24.4 Å². The Kier molecular flexibility index (Phi) is 4.80. The Hall–Kier alpha value is -3.61. The molecule has 3 aromatic heterocycles. The van der Waals surface area contributed by atoms with E-state index in [2.05, 4.69) is 19.9 Å². The normalized spacial score (nSPS) is 12.1. The third kappa shape index (κ3) is 3.59. The van der Waals surface area contributed by atoms with Crippen molar-refractivity contribution in [2.75, 3.05) is 0 Å². The molecule has 28 heavy (non-hydrogen) atoms. The second-order valence-corrected chi connectivity index (χ2v) is 6.25. The predicted octanol–water partition coefficient (Wildman–Crippen LogP) is 4.04. The number of benzene rings is 1. The van der Waals surface area contributed by atoms with Gasteiger partial charge in [-0.25, -0.2) is 18.7 Å². The third-order valence-electron chi connectivity index (χ3n) is 4.32. The first kappa shape index (κ1) is 17.8. The highest BCUT2D eigenvalue weighted by atomic mass is 19.1. The maximum Gasteiger partial charge on any atom is 0.171 e. The molecule has 0 fully saturated rings. The van der Waals surface area contributed by atoms with Gasteiger partial charge in [-0.3, -0.25) is 14.8 Å². The number of carbonyl (C=O) groups is 1. The lowest BCUT2D eigenvalue weighted by Crippen LogP contribution is -2.08. The highest BCUT2D eigenvalue weighted by Gasteiger charge is 2.19. The van der Waals surface area contributed by atoms with Gasteiger partial charge in [-0.15, -0.1) is 0 Å². The lowest BCUT2D eigenvalue weighted by Gasteiger charge is -2.12. The highest BCUT2D eigenvalue weighted by Crippen LogP contribution is 2.30. The number of nitrogens with zero attached hydrogens (tertiary/aromatic N) is 4. The molecule has 0 radical (unpaired) electrons. The standard InChI is InChI=1S/C21H14F2N4O/c22-16-3-4-17(27-11-16)8-19(28)18-7-14(6-13-2-1-5-26-21(13)18)20(23)15-9-24-12-25-10-15/h1-7,9-12,20H,8H2. The van der Waals surface area contributed by atoms with E-state index in [1.165, 1.54) is 36.9 Å². The smallest absolute Gasteiger partial charge is 0.171 e. The number of fused-ring (bicyclic) bond motifs is 1. The van der Waals surface area contributed by atoms with Gasteiger partial charge in [0.05, 0.1) is 18.1 Å². The van der Waals surface area contributed by atoms with Crippen LogP contribution < -0.4 is 0 Å². The minimum atomic E-state index is -1.48. The Morgan fingerprint density at radius 3 is 2.57 bits per heavy atom. The van der Waals surface area contributed by atoms with Crippen LogP contribution in [0.2, 0.25) is 0 Å². The summed E-state index contributed by atoms with van der Waals surface area (Å²) in [6.07, 6.45) is 5.23. The molecule has 0 saturated heterocycles. The van der Waals surface area contributed by atoms with Crippen LogP contribution in [0.3, 0.4) is 0 Å². The van der Waals surface area contributed by atoms with E-state index in [9.17, 15) is 9.18 Å². The number of pyridine rings is 2. The van der Waals surface area contributed by atoms with Crippen molar-refractivity contribution in [2.24, 2.45) is 0 Å². The van der Waals surface area contributed by atoms with E-state index in [1.807, 2.05) is 0 Å². The molecule has 1 atom stereocenters. The minimum Gasteiger partial charge on any atom is -0.294 e. The van der Waals surface area contributed by atoms with Crippen LogP contribution in [0.15, 0.2) is 67.5 Å². The van der Waals surface area contributed by atoms with Crippen LogP contribution >= 0.6 is 0 Å². The zero-order valence-corrected chi connectivity index (χ0v) is 14.6. The molecular formula is C21H14F2N4O. The molecule has 0 aliphatic heterocycles. The first-order valence-corrected chi connectivity index (χ1v) is 8.53. The van der Waals surface area contributed by atoms with Crippen LogP contribution in [0, 0.1) is 5.82 Å². The molecular weight excluding hydrogens is 362 g/mol. The second kappa shape index (κ2) is 7.56. The fourth-order valence-electron chi connectivity index (χ4n) is 2.98. The summed E-state index contributed by atoms with van der Waals surface area (Å²) in [5.41, 5.74) is 1.80. The number of alkyl halides is 1. The fourth-order valence-corrected chi connectivity index (χ4v) is 2.98. The zero-order chi connectivity index (χ0) is 19.5. The van der Waals surface area contributed by atoms with Gasteiger partial charge in [0.15, 0.2) is 12.0 Å². The molecule has 7 heteroatoms. The first-order chi connectivity index (χ1) is 13.6. The van der Waals surface area contributed by atoms with Crippen molar-refractivity contribution in [1.82, 2.24) is 19.9 Å². The van der Waals surface area contributed by atoms with Crippen LogP contribution in [0.4, 0.5) is 8.78 Å². The summed E-state index contributed by atoms with van der Waals surface area (Å²) in [6.45, 7) is 0. The summed E-state index contributed by atoms with van der Waals surface area (Å²) < 4.78 is 28.1. The van der Waals surface area contributed by atoms with Crippen molar-refractivity contribution in [3.63, 3.8) is 0 Å². The van der Waals surface area contributed by atoms with E-state index in [-0.39, 0.29) is 12.2 Å². The predicted molar refractivity (Wildman–Crippen MR) is 99.0 cm³/mol. The topological polar surface area (TPSA) is 68.6 Å². The SMILES string of the molecule is O=C(Cc1ccc(F)cn1)c1cc(C(F)c2cncnc2)cc2cccnc12. The first-order valence-electron chi connectivity index (χ1n) is 8.53. The maximum atomic E-state index is 15.0. The Bertz CT molecular complexity index is 1130. The molecule has 0 N–H and O–H groups in total. The van der Waals surface area contributed by atoms with Crippen molar-refractivity contribution in [1.29, 1.82) is 0 Å². The molecule has 0 saturated carbocycles. The average Bonchev–Trinajstić information content (AvgIpc) is 2.74. The number of hydrogen-bond donors (Lipinski definition) is 0. The monoisotopic (exact) mass is 376 g/mol. The molecule has 3 heterocycles. The molecule has 0 aliphatic carbocycles. The summed E-state index contributed by atoms with van der Waals surface area (Å²) in [7, 11) is 0. The molecule has 0 amide bonds. The molecule has 138 valence electrons. The van der Waals surface area contributed by atoms with Gasteiger partial charge in [0, 0.05) is 40.8 Å². The van der Waals surface area contributed by atoms with Gasteiger partial charge in [-0.1, -0.05) is 6.07 Å². The van der Waals surface area contributed by atoms with Crippen molar-refractivity contribution >= 4 is 16.7 Å². The van der Waals surface area contributed by atoms with Crippen LogP contribution in [0.1, 0.15) is 33.4 Å². The van der Waals surface area contributed by atoms with Gasteiger partial charge in [-0.05, 0) is 35.9 Å². The summed E-state index contributed by atoms with van der Waals surface area (Å²) in [5, 5.41) is 0.648. The molecule has 5 nitrogen and oxygen atoms in total. The number of aromatic nitrogens is 4. The van der Waals surface area contributed by atoms with E-state index >= 15 is 4.39 Å². The summed E-state index contributed by atoms with van der Waals surface area (Å²) in [4.78, 5) is 28.8. The quantitative estimate of drug-likeness (QED) is 0.492. The Labute approximate surface area is 159 Å². The van der Waals surface area contributed by atoms with Crippen LogP contribution in [-0.4, -0.2) is 25.7 Å². The average molecular weight is 376 g/mol. The number of Topliss-reactive ketones (excluding diaryl/α,β-unsaturated/α-hetero) is 1. The molecule has 0 bridgehead atoms. The van der Waals surface area contributed by atoms with E-state index in [0.717, 1.165) is 6.20 Å². The summed E-state index contributed by atoms with van der Waals surface area (Å²) >= 11 is 0. The van der Waals surface area contributed by atoms with Gasteiger partial charge >= 0.3 is 0 Å². The van der Waals surface area contributed by atoms with Gasteiger partial charge < -0.3 is 0 Å². The zero-order valence-electron chi connectivity index (χ0n) is 14.6.